The van der Waals surface area contributed by atoms with Crippen LogP contribution in [0.25, 0.3) is 6.08 Å². The number of esters is 1. The highest BCUT2D eigenvalue weighted by atomic mass is 32.2. The molecule has 0 saturated carbocycles. The molecule has 0 radical (unpaired) electrons. The van der Waals surface area contributed by atoms with Crippen LogP contribution >= 0.6 is 11.8 Å². The van der Waals surface area contributed by atoms with E-state index in [2.05, 4.69) is 10.3 Å². The lowest BCUT2D eigenvalue weighted by Gasteiger charge is -2.49. The van der Waals surface area contributed by atoms with E-state index < -0.39 is 23.5 Å². The number of carbonyl (C=O) groups is 3. The molecule has 0 spiro atoms. The van der Waals surface area contributed by atoms with Crippen molar-refractivity contribution in [2.45, 2.75) is 23.9 Å². The molecule has 6 rings (SSSR count). The second-order valence-corrected chi connectivity index (χ2v) is 11.3. The molecule has 2 aliphatic heterocycles. The summed E-state index contributed by atoms with van der Waals surface area (Å²) in [7, 11) is 0. The fourth-order valence-electron chi connectivity index (χ4n) is 5.18. The number of pyridine rings is 1. The fourth-order valence-corrected chi connectivity index (χ4v) is 6.50. The minimum Gasteiger partial charge on any atom is -0.448 e. The smallest absolute Gasteiger partial charge is 0.356 e. The minimum absolute atomic E-state index is 0.168. The Kier molecular flexibility index (Phi) is 8.47. The van der Waals surface area contributed by atoms with Gasteiger partial charge in [0.25, 0.3) is 5.91 Å². The predicted octanol–water partition coefficient (Wildman–Crippen LogP) is 5.32. The van der Waals surface area contributed by atoms with Gasteiger partial charge in [-0.15, -0.1) is 11.8 Å². The number of nitrogens with zero attached hydrogens (tertiary/aromatic N) is 2. The normalized spacial score (nSPS) is 17.9. The summed E-state index contributed by atoms with van der Waals surface area (Å²) in [6, 6.07) is 31.5. The summed E-state index contributed by atoms with van der Waals surface area (Å²) in [5.41, 5.74) is 4.22. The maximum atomic E-state index is 14.1. The Morgan fingerprint density at radius 3 is 2.19 bits per heavy atom. The lowest BCUT2D eigenvalue weighted by atomic mass is 10.00. The Morgan fingerprint density at radius 1 is 0.907 bits per heavy atom. The molecule has 214 valence electrons. The van der Waals surface area contributed by atoms with Crippen LogP contribution in [0.15, 0.2) is 133 Å². The summed E-state index contributed by atoms with van der Waals surface area (Å²) in [4.78, 5) is 46.1. The molecule has 1 aromatic heterocycles. The van der Waals surface area contributed by atoms with Crippen LogP contribution in [-0.4, -0.2) is 44.8 Å². The van der Waals surface area contributed by atoms with Crippen molar-refractivity contribution in [3.8, 4) is 0 Å². The molecule has 3 aromatic carbocycles. The van der Waals surface area contributed by atoms with Gasteiger partial charge in [0, 0.05) is 18.1 Å². The zero-order valence-corrected chi connectivity index (χ0v) is 24.0. The fraction of sp³-hybridized carbons (Fsp3) is 0.143. The Hall–Kier alpha value is -4.95. The maximum Gasteiger partial charge on any atom is 0.356 e. The second-order valence-electron chi connectivity index (χ2n) is 10.2. The summed E-state index contributed by atoms with van der Waals surface area (Å²) < 4.78 is 6.21. The van der Waals surface area contributed by atoms with Crippen LogP contribution in [0.2, 0.25) is 0 Å². The molecule has 1 saturated heterocycles. The topological polar surface area (TPSA) is 88.6 Å². The van der Waals surface area contributed by atoms with Gasteiger partial charge < -0.3 is 10.1 Å². The zero-order chi connectivity index (χ0) is 29.6. The van der Waals surface area contributed by atoms with Crippen molar-refractivity contribution < 1.29 is 19.1 Å². The molecular weight excluding hydrogens is 558 g/mol. The highest BCUT2D eigenvalue weighted by Crippen LogP contribution is 2.42. The number of carbonyl (C=O) groups excluding carboxylic acids is 3. The van der Waals surface area contributed by atoms with Crippen LogP contribution in [0.4, 0.5) is 0 Å². The number of amides is 2. The first-order valence-electron chi connectivity index (χ1n) is 14.0. The lowest BCUT2D eigenvalue weighted by molar-refractivity contribution is -0.154. The Bertz CT molecular complexity index is 1620. The van der Waals surface area contributed by atoms with Gasteiger partial charge in [-0.2, -0.15) is 0 Å². The quantitative estimate of drug-likeness (QED) is 0.211. The van der Waals surface area contributed by atoms with Gasteiger partial charge >= 0.3 is 5.97 Å². The second kappa shape index (κ2) is 12.9. The molecule has 2 aliphatic rings. The number of ether oxygens (including phenoxy) is 1. The molecule has 1 unspecified atom stereocenters. The van der Waals surface area contributed by atoms with Crippen LogP contribution in [0.1, 0.15) is 28.4 Å². The van der Waals surface area contributed by atoms with E-state index in [-0.39, 0.29) is 23.9 Å². The van der Waals surface area contributed by atoms with E-state index in [0.717, 1.165) is 22.3 Å². The molecule has 4 aromatic rings. The Balaban J connectivity index is 1.29. The van der Waals surface area contributed by atoms with Crippen LogP contribution in [0, 0.1) is 0 Å². The molecule has 2 amide bonds. The van der Waals surface area contributed by atoms with Gasteiger partial charge in [-0.05, 0) is 33.9 Å². The lowest BCUT2D eigenvalue weighted by Crippen LogP contribution is -2.70. The number of β-lactam (4-membered cyclic amide) rings is 1. The van der Waals surface area contributed by atoms with Crippen molar-refractivity contribution in [2.24, 2.45) is 0 Å². The zero-order valence-electron chi connectivity index (χ0n) is 23.2. The number of nitrogens with one attached hydrogen (secondary N) is 1. The first kappa shape index (κ1) is 28.2. The number of hydrogen-bond acceptors (Lipinski definition) is 6. The summed E-state index contributed by atoms with van der Waals surface area (Å²) in [5.74, 6) is -0.722. The number of hydrogen-bond donors (Lipinski definition) is 1. The highest BCUT2D eigenvalue weighted by Gasteiger charge is 2.54. The highest BCUT2D eigenvalue weighted by molar-refractivity contribution is 8.00. The maximum absolute atomic E-state index is 14.1. The van der Waals surface area contributed by atoms with Gasteiger partial charge in [-0.25, -0.2) is 4.79 Å². The van der Waals surface area contributed by atoms with Gasteiger partial charge in [0.2, 0.25) is 5.91 Å². The van der Waals surface area contributed by atoms with Crippen molar-refractivity contribution >= 4 is 35.6 Å². The van der Waals surface area contributed by atoms with Crippen molar-refractivity contribution in [3.63, 3.8) is 0 Å². The third-order valence-electron chi connectivity index (χ3n) is 7.31. The summed E-state index contributed by atoms with van der Waals surface area (Å²) in [6.45, 7) is 0. The molecule has 3 heterocycles. The van der Waals surface area contributed by atoms with Crippen LogP contribution < -0.4 is 5.32 Å². The Morgan fingerprint density at radius 2 is 1.56 bits per heavy atom. The summed E-state index contributed by atoms with van der Waals surface area (Å²) >= 11 is 1.51. The predicted molar refractivity (Wildman–Crippen MR) is 166 cm³/mol. The van der Waals surface area contributed by atoms with E-state index >= 15 is 0 Å². The van der Waals surface area contributed by atoms with Gasteiger partial charge in [0.1, 0.15) is 17.1 Å². The van der Waals surface area contributed by atoms with Gasteiger partial charge in [0.05, 0.1) is 6.42 Å². The number of fused-ring (bicyclic) bond motifs is 1. The molecular formula is C35H29N3O4S. The van der Waals surface area contributed by atoms with E-state index in [1.807, 2.05) is 115 Å². The van der Waals surface area contributed by atoms with Crippen molar-refractivity contribution in [2.75, 3.05) is 5.75 Å². The Labute approximate surface area is 254 Å². The summed E-state index contributed by atoms with van der Waals surface area (Å²) in [5, 5.41) is 2.47. The largest absolute Gasteiger partial charge is 0.448 e. The van der Waals surface area contributed by atoms with Gasteiger partial charge in [-0.1, -0.05) is 109 Å². The van der Waals surface area contributed by atoms with Crippen LogP contribution in [0.3, 0.4) is 0 Å². The average molecular weight is 588 g/mol. The van der Waals surface area contributed by atoms with E-state index in [9.17, 15) is 14.4 Å². The molecule has 1 fully saturated rings. The number of aromatic nitrogens is 1. The number of rotatable bonds is 9. The number of benzene rings is 3. The molecule has 0 aliphatic carbocycles. The van der Waals surface area contributed by atoms with Crippen LogP contribution in [0.5, 0.6) is 0 Å². The van der Waals surface area contributed by atoms with Gasteiger partial charge in [0.15, 0.2) is 6.10 Å². The molecule has 7 nitrogen and oxygen atoms in total. The standard InChI is InChI=1S/C35H29N3O4S/c39-29(21-24-11-4-1-5-12-24)37-30-33(40)38-31(28(23-43-34(30)38)19-18-25-13-10-20-36-22-25)35(41)42-32(26-14-6-2-7-15-26)27-16-8-3-9-17-27/h1-20,22,30,32,34H,21,23H2,(H,37,39)/t30?,34-/m1/s1. The van der Waals surface area contributed by atoms with Crippen molar-refractivity contribution in [3.05, 3.63) is 155 Å². The van der Waals surface area contributed by atoms with E-state index in [1.54, 1.807) is 12.4 Å². The minimum atomic E-state index is -0.730. The first-order valence-corrected chi connectivity index (χ1v) is 15.0. The SMILES string of the molecule is O=C(Cc1ccccc1)NC1C(=O)N2C(C(=O)OC(c3ccccc3)c3ccccc3)=C(C=Cc3cccnc3)CS[C@H]12. The van der Waals surface area contributed by atoms with E-state index in [1.165, 1.54) is 16.7 Å². The van der Waals surface area contributed by atoms with E-state index in [0.29, 0.717) is 11.3 Å². The number of thioether (sulfide) groups is 1. The average Bonchev–Trinajstić information content (AvgIpc) is 3.06. The molecule has 8 heteroatoms. The molecule has 43 heavy (non-hydrogen) atoms. The summed E-state index contributed by atoms with van der Waals surface area (Å²) in [6.07, 6.45) is 6.62. The van der Waals surface area contributed by atoms with Crippen molar-refractivity contribution in [1.29, 1.82) is 0 Å². The van der Waals surface area contributed by atoms with E-state index in [4.69, 9.17) is 4.74 Å². The molecule has 0 bridgehead atoms. The molecule has 1 N–H and O–H groups in total. The third kappa shape index (κ3) is 6.29. The van der Waals surface area contributed by atoms with Gasteiger partial charge in [-0.3, -0.25) is 19.5 Å². The first-order chi connectivity index (χ1) is 21.1. The van der Waals surface area contributed by atoms with Crippen molar-refractivity contribution in [1.82, 2.24) is 15.2 Å². The monoisotopic (exact) mass is 587 g/mol. The molecule has 2 atom stereocenters. The number of allylic oxidation sites excluding steroid dienone is 1. The third-order valence-corrected chi connectivity index (χ3v) is 8.61. The van der Waals surface area contributed by atoms with Crippen LogP contribution in [-0.2, 0) is 25.5 Å².